The van der Waals surface area contributed by atoms with Crippen LogP contribution in [0, 0.1) is 5.92 Å². The summed E-state index contributed by atoms with van der Waals surface area (Å²) < 4.78 is 3.30. The molecule has 174 valence electrons. The van der Waals surface area contributed by atoms with Gasteiger partial charge in [-0.05, 0) is 90.9 Å². The average Bonchev–Trinajstić information content (AvgIpc) is 3.21. The third-order valence-electron chi connectivity index (χ3n) is 6.06. The van der Waals surface area contributed by atoms with Crippen LogP contribution in [0.3, 0.4) is 0 Å². The Kier molecular flexibility index (Phi) is 9.85. The molecule has 1 aliphatic rings. The van der Waals surface area contributed by atoms with Gasteiger partial charge in [0.1, 0.15) is 0 Å². The Bertz CT molecular complexity index is 992. The van der Waals surface area contributed by atoms with Crippen molar-refractivity contribution in [2.45, 2.75) is 49.8 Å². The highest BCUT2D eigenvalue weighted by atomic mass is 32.2. The SMILES string of the molecule is CC1CCc2ccccc21.NC(=O)C(CCCNSc1ccc(N)cc1)Cc1ccccc1. The quantitative estimate of drug-likeness (QED) is 0.216. The maximum atomic E-state index is 11.6. The maximum Gasteiger partial charge on any atom is 0.220 e. The summed E-state index contributed by atoms with van der Waals surface area (Å²) in [4.78, 5) is 12.7. The number of nitrogen functional groups attached to an aromatic ring is 1. The lowest BCUT2D eigenvalue weighted by Crippen LogP contribution is -2.26. The van der Waals surface area contributed by atoms with Gasteiger partial charge in [0.05, 0.1) is 0 Å². The van der Waals surface area contributed by atoms with Crippen LogP contribution >= 0.6 is 11.9 Å². The first-order valence-electron chi connectivity index (χ1n) is 11.7. The maximum absolute atomic E-state index is 11.6. The van der Waals surface area contributed by atoms with Gasteiger partial charge in [-0.3, -0.25) is 9.52 Å². The van der Waals surface area contributed by atoms with Gasteiger partial charge in [0, 0.05) is 23.0 Å². The summed E-state index contributed by atoms with van der Waals surface area (Å²) in [5, 5.41) is 0. The molecule has 1 aliphatic carbocycles. The number of carbonyl (C=O) groups is 1. The lowest BCUT2D eigenvalue weighted by Gasteiger charge is -2.13. The molecular formula is C28H35N3OS. The number of nitrogens with two attached hydrogens (primary N) is 2. The molecule has 4 nitrogen and oxygen atoms in total. The zero-order valence-electron chi connectivity index (χ0n) is 19.4. The number of benzene rings is 3. The van der Waals surface area contributed by atoms with E-state index in [-0.39, 0.29) is 11.8 Å². The van der Waals surface area contributed by atoms with E-state index in [2.05, 4.69) is 35.9 Å². The van der Waals surface area contributed by atoms with E-state index in [1.807, 2.05) is 54.6 Å². The van der Waals surface area contributed by atoms with Crippen LogP contribution < -0.4 is 16.2 Å². The molecule has 33 heavy (non-hydrogen) atoms. The van der Waals surface area contributed by atoms with E-state index in [4.69, 9.17) is 11.5 Å². The Morgan fingerprint density at radius 1 is 1.03 bits per heavy atom. The minimum atomic E-state index is -0.222. The molecule has 4 rings (SSSR count). The van der Waals surface area contributed by atoms with E-state index in [0.29, 0.717) is 6.42 Å². The fourth-order valence-corrected chi connectivity index (χ4v) is 4.79. The molecule has 0 saturated carbocycles. The van der Waals surface area contributed by atoms with E-state index in [0.717, 1.165) is 41.5 Å². The number of anilines is 1. The Balaban J connectivity index is 0.000000252. The molecule has 1 amide bonds. The van der Waals surface area contributed by atoms with Gasteiger partial charge < -0.3 is 11.5 Å². The van der Waals surface area contributed by atoms with Crippen molar-refractivity contribution in [2.75, 3.05) is 12.3 Å². The van der Waals surface area contributed by atoms with Crippen LogP contribution in [-0.4, -0.2) is 12.5 Å². The number of rotatable bonds is 9. The molecule has 5 heteroatoms. The summed E-state index contributed by atoms with van der Waals surface area (Å²) in [7, 11) is 0. The fraction of sp³-hybridized carbons (Fsp3) is 0.321. The van der Waals surface area contributed by atoms with Gasteiger partial charge >= 0.3 is 0 Å². The molecule has 0 saturated heterocycles. The van der Waals surface area contributed by atoms with E-state index in [9.17, 15) is 4.79 Å². The molecule has 0 aliphatic heterocycles. The van der Waals surface area contributed by atoms with Crippen LogP contribution in [0.15, 0.2) is 83.8 Å². The lowest BCUT2D eigenvalue weighted by molar-refractivity contribution is -0.122. The molecule has 0 fully saturated rings. The molecule has 3 aromatic rings. The predicted molar refractivity (Wildman–Crippen MR) is 140 cm³/mol. The number of amides is 1. The monoisotopic (exact) mass is 461 g/mol. The highest BCUT2D eigenvalue weighted by molar-refractivity contribution is 7.97. The number of hydrogen-bond acceptors (Lipinski definition) is 4. The first-order valence-corrected chi connectivity index (χ1v) is 12.5. The minimum Gasteiger partial charge on any atom is -0.399 e. The highest BCUT2D eigenvalue weighted by Crippen LogP contribution is 2.31. The summed E-state index contributed by atoms with van der Waals surface area (Å²) in [6.45, 7) is 3.14. The molecule has 0 bridgehead atoms. The van der Waals surface area contributed by atoms with E-state index in [1.165, 1.54) is 12.8 Å². The first-order chi connectivity index (χ1) is 16.0. The third-order valence-corrected chi connectivity index (χ3v) is 6.92. The average molecular weight is 462 g/mol. The summed E-state index contributed by atoms with van der Waals surface area (Å²) in [5.74, 6) is 0.469. The van der Waals surface area contributed by atoms with Crippen LogP contribution in [0.2, 0.25) is 0 Å². The van der Waals surface area contributed by atoms with Crippen LogP contribution in [0.5, 0.6) is 0 Å². The first kappa shape index (κ1) is 24.9. The second-order valence-electron chi connectivity index (χ2n) is 8.64. The summed E-state index contributed by atoms with van der Waals surface area (Å²) in [6.07, 6.45) is 5.04. The molecule has 5 N–H and O–H groups in total. The van der Waals surface area contributed by atoms with Crippen molar-refractivity contribution in [3.05, 3.63) is 95.6 Å². The van der Waals surface area contributed by atoms with Crippen molar-refractivity contribution < 1.29 is 4.79 Å². The molecule has 2 atom stereocenters. The molecular weight excluding hydrogens is 426 g/mol. The van der Waals surface area contributed by atoms with Gasteiger partial charge in [0.2, 0.25) is 5.91 Å². The standard InChI is InChI=1S/C18H23N3OS.C10H12/c19-16-8-10-17(11-9-16)23-21-12-4-7-15(18(20)22)13-14-5-2-1-3-6-14;1-8-6-7-9-4-2-3-5-10(8)9/h1-3,5-6,8-11,15,21H,4,7,12-13,19H2,(H2,20,22);2-5,8H,6-7H2,1H3. The molecule has 3 aromatic carbocycles. The zero-order valence-corrected chi connectivity index (χ0v) is 20.2. The van der Waals surface area contributed by atoms with E-state index >= 15 is 0 Å². The van der Waals surface area contributed by atoms with Crippen LogP contribution in [0.25, 0.3) is 0 Å². The van der Waals surface area contributed by atoms with Gasteiger partial charge in [-0.15, -0.1) is 0 Å². The Morgan fingerprint density at radius 3 is 2.42 bits per heavy atom. The second-order valence-corrected chi connectivity index (χ2v) is 9.60. The molecule has 0 aromatic heterocycles. The molecule has 2 unspecified atom stereocenters. The number of carbonyl (C=O) groups excluding carboxylic acids is 1. The third kappa shape index (κ3) is 8.26. The van der Waals surface area contributed by atoms with E-state index < -0.39 is 0 Å². The van der Waals surface area contributed by atoms with Crippen molar-refractivity contribution in [1.29, 1.82) is 0 Å². The lowest BCUT2D eigenvalue weighted by atomic mass is 9.94. The predicted octanol–water partition coefficient (Wildman–Crippen LogP) is 5.73. The molecule has 0 heterocycles. The van der Waals surface area contributed by atoms with Gasteiger partial charge in [-0.1, -0.05) is 61.5 Å². The number of primary amides is 1. The van der Waals surface area contributed by atoms with Gasteiger partial charge in [-0.2, -0.15) is 0 Å². The van der Waals surface area contributed by atoms with Crippen LogP contribution in [0.1, 0.15) is 48.8 Å². The Labute approximate surface area is 202 Å². The summed E-state index contributed by atoms with van der Waals surface area (Å²) >= 11 is 1.57. The summed E-state index contributed by atoms with van der Waals surface area (Å²) in [5.41, 5.74) is 16.2. The minimum absolute atomic E-state index is 0.110. The van der Waals surface area contributed by atoms with Crippen molar-refractivity contribution in [3.8, 4) is 0 Å². The zero-order chi connectivity index (χ0) is 23.5. The Hall–Kier alpha value is -2.76. The smallest absolute Gasteiger partial charge is 0.220 e. The number of nitrogens with one attached hydrogen (secondary N) is 1. The van der Waals surface area contributed by atoms with Gasteiger partial charge in [0.25, 0.3) is 0 Å². The highest BCUT2D eigenvalue weighted by Gasteiger charge is 2.16. The van der Waals surface area contributed by atoms with Crippen molar-refractivity contribution >= 4 is 23.5 Å². The number of hydrogen-bond donors (Lipinski definition) is 3. The van der Waals surface area contributed by atoms with Gasteiger partial charge in [-0.25, -0.2) is 0 Å². The Morgan fingerprint density at radius 2 is 1.73 bits per heavy atom. The van der Waals surface area contributed by atoms with Crippen LogP contribution in [-0.2, 0) is 17.6 Å². The normalized spacial score (nSPS) is 15.2. The largest absolute Gasteiger partial charge is 0.399 e. The number of fused-ring (bicyclic) bond motifs is 1. The van der Waals surface area contributed by atoms with Crippen molar-refractivity contribution in [3.63, 3.8) is 0 Å². The van der Waals surface area contributed by atoms with Crippen molar-refractivity contribution in [2.24, 2.45) is 11.7 Å². The van der Waals surface area contributed by atoms with Gasteiger partial charge in [0.15, 0.2) is 0 Å². The topological polar surface area (TPSA) is 81.1 Å². The number of aryl methyl sites for hydroxylation is 1. The molecule has 0 spiro atoms. The second kappa shape index (κ2) is 13.1. The van der Waals surface area contributed by atoms with Crippen LogP contribution in [0.4, 0.5) is 5.69 Å². The fourth-order valence-electron chi connectivity index (χ4n) is 4.10. The van der Waals surface area contributed by atoms with Crippen molar-refractivity contribution in [1.82, 2.24) is 4.72 Å². The van der Waals surface area contributed by atoms with E-state index in [1.54, 1.807) is 23.1 Å². The molecule has 0 radical (unpaired) electrons. The summed E-state index contributed by atoms with van der Waals surface area (Å²) in [6, 6.07) is 26.5.